The normalized spacial score (nSPS) is 16.8. The molecule has 1 amide bonds. The highest BCUT2D eigenvalue weighted by atomic mass is 19.1. The maximum Gasteiger partial charge on any atom is 0.240 e. The molecule has 2 rings (SSSR count). The van der Waals surface area contributed by atoms with Crippen molar-refractivity contribution in [2.45, 2.75) is 46.1 Å². The van der Waals surface area contributed by atoms with Crippen molar-refractivity contribution in [1.82, 2.24) is 5.32 Å². The number of carbonyl (C=O) groups is 1. The molecule has 24 heavy (non-hydrogen) atoms. The number of amides is 1. The van der Waals surface area contributed by atoms with Crippen molar-refractivity contribution in [3.63, 3.8) is 0 Å². The van der Waals surface area contributed by atoms with Crippen molar-refractivity contribution < 1.29 is 9.18 Å². The molecule has 0 aliphatic heterocycles. The highest BCUT2D eigenvalue weighted by Crippen LogP contribution is 2.39. The Kier molecular flexibility index (Phi) is 5.17. The van der Waals surface area contributed by atoms with Crippen LogP contribution in [0.1, 0.15) is 40.5 Å². The van der Waals surface area contributed by atoms with E-state index >= 15 is 0 Å². The molecule has 0 spiro atoms. The first-order chi connectivity index (χ1) is 11.1. The van der Waals surface area contributed by atoms with Crippen LogP contribution in [0.4, 0.5) is 10.1 Å². The summed E-state index contributed by atoms with van der Waals surface area (Å²) in [5, 5.41) is 12.3. The van der Waals surface area contributed by atoms with Gasteiger partial charge in [-0.15, -0.1) is 0 Å². The number of carbonyl (C=O) groups excluding carboxylic acids is 1. The van der Waals surface area contributed by atoms with E-state index in [-0.39, 0.29) is 29.6 Å². The highest BCUT2D eigenvalue weighted by Gasteiger charge is 2.43. The second-order valence-electron chi connectivity index (χ2n) is 8.03. The lowest BCUT2D eigenvalue weighted by atomic mass is 9.95. The molecular formula is C19H26FN3O. The van der Waals surface area contributed by atoms with Crippen LogP contribution in [0.15, 0.2) is 24.3 Å². The van der Waals surface area contributed by atoms with Gasteiger partial charge in [0, 0.05) is 12.2 Å². The second-order valence-corrected chi connectivity index (χ2v) is 8.03. The van der Waals surface area contributed by atoms with Crippen molar-refractivity contribution in [3.05, 3.63) is 30.1 Å². The molecule has 1 aromatic rings. The standard InChI is InChI=1S/C19H26FN3O/c1-18(2,3)13-23(16-9-7-15(20)8-10-16)11-17(24)22-19(4,12-21)14-5-6-14/h7-10,14H,5-6,11,13H2,1-4H3,(H,22,24). The number of halogens is 1. The Balaban J connectivity index is 2.11. The van der Waals surface area contributed by atoms with E-state index in [1.54, 1.807) is 19.1 Å². The minimum Gasteiger partial charge on any atom is -0.362 e. The van der Waals surface area contributed by atoms with Crippen LogP contribution in [-0.4, -0.2) is 24.5 Å². The quantitative estimate of drug-likeness (QED) is 0.868. The zero-order chi connectivity index (χ0) is 18.0. The van der Waals surface area contributed by atoms with E-state index in [2.05, 4.69) is 32.2 Å². The fourth-order valence-electron chi connectivity index (χ4n) is 2.85. The van der Waals surface area contributed by atoms with E-state index in [0.29, 0.717) is 6.54 Å². The molecule has 0 bridgehead atoms. The first-order valence-electron chi connectivity index (χ1n) is 8.36. The molecule has 0 saturated heterocycles. The average molecular weight is 331 g/mol. The molecule has 130 valence electrons. The van der Waals surface area contributed by atoms with Gasteiger partial charge in [0.1, 0.15) is 11.4 Å². The van der Waals surface area contributed by atoms with Gasteiger partial charge in [0.05, 0.1) is 12.6 Å². The zero-order valence-corrected chi connectivity index (χ0v) is 14.9. The molecule has 1 aromatic carbocycles. The Morgan fingerprint density at radius 2 is 1.88 bits per heavy atom. The van der Waals surface area contributed by atoms with Gasteiger partial charge in [-0.05, 0) is 55.4 Å². The van der Waals surface area contributed by atoms with Crippen LogP contribution in [-0.2, 0) is 4.79 Å². The molecule has 1 saturated carbocycles. The van der Waals surface area contributed by atoms with E-state index < -0.39 is 5.54 Å². The van der Waals surface area contributed by atoms with E-state index in [4.69, 9.17) is 0 Å². The Labute approximate surface area is 143 Å². The third-order valence-corrected chi connectivity index (χ3v) is 4.22. The van der Waals surface area contributed by atoms with Crippen molar-refractivity contribution in [2.75, 3.05) is 18.0 Å². The fraction of sp³-hybridized carbons (Fsp3) is 0.579. The minimum absolute atomic E-state index is 0.0241. The van der Waals surface area contributed by atoms with Gasteiger partial charge >= 0.3 is 0 Å². The molecule has 1 aliphatic carbocycles. The van der Waals surface area contributed by atoms with Gasteiger partial charge in [-0.3, -0.25) is 4.79 Å². The molecule has 1 unspecified atom stereocenters. The van der Waals surface area contributed by atoms with Gasteiger partial charge in [-0.2, -0.15) is 5.26 Å². The lowest BCUT2D eigenvalue weighted by Crippen LogP contribution is -2.51. The summed E-state index contributed by atoms with van der Waals surface area (Å²) in [6.07, 6.45) is 1.96. The first kappa shape index (κ1) is 18.3. The van der Waals surface area contributed by atoms with Crippen LogP contribution in [0, 0.1) is 28.5 Å². The third-order valence-electron chi connectivity index (χ3n) is 4.22. The largest absolute Gasteiger partial charge is 0.362 e. The predicted molar refractivity (Wildman–Crippen MR) is 93.0 cm³/mol. The monoisotopic (exact) mass is 331 g/mol. The second kappa shape index (κ2) is 6.80. The molecule has 4 nitrogen and oxygen atoms in total. The summed E-state index contributed by atoms with van der Waals surface area (Å²) in [4.78, 5) is 14.4. The Morgan fingerprint density at radius 3 is 2.33 bits per heavy atom. The molecule has 1 aliphatic rings. The van der Waals surface area contributed by atoms with E-state index in [1.165, 1.54) is 12.1 Å². The number of hydrogen-bond donors (Lipinski definition) is 1. The highest BCUT2D eigenvalue weighted by molar-refractivity contribution is 5.82. The zero-order valence-electron chi connectivity index (χ0n) is 14.9. The average Bonchev–Trinajstić information content (AvgIpc) is 3.30. The van der Waals surface area contributed by atoms with E-state index in [0.717, 1.165) is 18.5 Å². The number of nitrogens with one attached hydrogen (secondary N) is 1. The number of anilines is 1. The Hall–Kier alpha value is -2.09. The minimum atomic E-state index is -0.798. The summed E-state index contributed by atoms with van der Waals surface area (Å²) in [5.74, 6) is -0.238. The van der Waals surface area contributed by atoms with Gasteiger partial charge in [-0.1, -0.05) is 20.8 Å². The first-order valence-corrected chi connectivity index (χ1v) is 8.36. The van der Waals surface area contributed by atoms with Gasteiger partial charge in [0.25, 0.3) is 0 Å². The van der Waals surface area contributed by atoms with Crippen molar-refractivity contribution in [3.8, 4) is 6.07 Å². The van der Waals surface area contributed by atoms with Gasteiger partial charge in [0.2, 0.25) is 5.91 Å². The summed E-state index contributed by atoms with van der Waals surface area (Å²) in [7, 11) is 0. The molecule has 5 heteroatoms. The lowest BCUT2D eigenvalue weighted by Gasteiger charge is -2.32. The molecule has 1 atom stereocenters. The maximum atomic E-state index is 13.2. The van der Waals surface area contributed by atoms with Crippen LogP contribution in [0.5, 0.6) is 0 Å². The molecule has 0 aromatic heterocycles. The third kappa shape index (κ3) is 4.95. The van der Waals surface area contributed by atoms with Crippen LogP contribution >= 0.6 is 0 Å². The number of nitrogens with zero attached hydrogens (tertiary/aromatic N) is 2. The van der Waals surface area contributed by atoms with Crippen molar-refractivity contribution in [2.24, 2.45) is 11.3 Å². The number of hydrogen-bond acceptors (Lipinski definition) is 3. The fourth-order valence-corrected chi connectivity index (χ4v) is 2.85. The van der Waals surface area contributed by atoms with Gasteiger partial charge in [0.15, 0.2) is 0 Å². The smallest absolute Gasteiger partial charge is 0.240 e. The molecule has 1 N–H and O–H groups in total. The lowest BCUT2D eigenvalue weighted by molar-refractivity contribution is -0.121. The summed E-state index contributed by atoms with van der Waals surface area (Å²) >= 11 is 0. The topological polar surface area (TPSA) is 56.1 Å². The summed E-state index contributed by atoms with van der Waals surface area (Å²) in [6, 6.07) is 8.39. The summed E-state index contributed by atoms with van der Waals surface area (Å²) in [6.45, 7) is 8.85. The van der Waals surface area contributed by atoms with Gasteiger partial charge < -0.3 is 10.2 Å². The van der Waals surface area contributed by atoms with Gasteiger partial charge in [-0.25, -0.2) is 4.39 Å². The van der Waals surface area contributed by atoms with Crippen molar-refractivity contribution >= 4 is 11.6 Å². The van der Waals surface area contributed by atoms with Crippen LogP contribution in [0.3, 0.4) is 0 Å². The van der Waals surface area contributed by atoms with E-state index in [1.807, 2.05) is 4.90 Å². The maximum absolute atomic E-state index is 13.2. The molecular weight excluding hydrogens is 305 g/mol. The van der Waals surface area contributed by atoms with Crippen molar-refractivity contribution in [1.29, 1.82) is 5.26 Å². The summed E-state index contributed by atoms with van der Waals surface area (Å²) in [5.41, 5.74) is -0.0247. The summed E-state index contributed by atoms with van der Waals surface area (Å²) < 4.78 is 13.2. The number of nitriles is 1. The molecule has 0 radical (unpaired) electrons. The van der Waals surface area contributed by atoms with Crippen LogP contribution in [0.2, 0.25) is 0 Å². The number of benzene rings is 1. The number of rotatable bonds is 6. The SMILES string of the molecule is CC(C)(C)CN(CC(=O)NC(C)(C#N)C1CC1)c1ccc(F)cc1. The van der Waals surface area contributed by atoms with E-state index in [9.17, 15) is 14.4 Å². The Bertz CT molecular complexity index is 625. The predicted octanol–water partition coefficient (Wildman–Crippen LogP) is 3.49. The van der Waals surface area contributed by atoms with Crippen LogP contribution in [0.25, 0.3) is 0 Å². The molecule has 1 fully saturated rings. The molecule has 0 heterocycles. The van der Waals surface area contributed by atoms with Crippen LogP contribution < -0.4 is 10.2 Å². The Morgan fingerprint density at radius 1 is 1.29 bits per heavy atom.